The number of carbonyl (C=O) groups excluding carboxylic acids is 1. The van der Waals surface area contributed by atoms with Crippen LogP contribution in [0.3, 0.4) is 0 Å². The number of para-hydroxylation sites is 1. The molecule has 4 aromatic rings. The molecule has 1 aliphatic rings. The molecule has 9 heteroatoms. The highest BCUT2D eigenvalue weighted by atomic mass is 32.2. The third-order valence-corrected chi connectivity index (χ3v) is 7.80. The minimum Gasteiger partial charge on any atom is -0.376 e. The van der Waals surface area contributed by atoms with E-state index in [1.54, 1.807) is 10.8 Å². The summed E-state index contributed by atoms with van der Waals surface area (Å²) in [6, 6.07) is 11.6. The van der Waals surface area contributed by atoms with Crippen molar-refractivity contribution in [2.45, 2.75) is 44.0 Å². The summed E-state index contributed by atoms with van der Waals surface area (Å²) in [6.45, 7) is 3.21. The average Bonchev–Trinajstić information content (AvgIpc) is 3.48. The maximum atomic E-state index is 13.5. The van der Waals surface area contributed by atoms with E-state index >= 15 is 0 Å². The maximum Gasteiger partial charge on any atom is 0.272 e. The molecule has 1 aromatic carbocycles. The Morgan fingerprint density at radius 2 is 2.18 bits per heavy atom. The Morgan fingerprint density at radius 3 is 3.00 bits per heavy atom. The molecule has 0 unspecified atom stereocenters. The van der Waals surface area contributed by atoms with Crippen molar-refractivity contribution < 1.29 is 9.53 Å². The van der Waals surface area contributed by atoms with E-state index in [0.717, 1.165) is 40.7 Å². The number of rotatable bonds is 7. The molecule has 0 aliphatic carbocycles. The molecule has 1 atom stereocenters. The van der Waals surface area contributed by atoms with E-state index in [1.807, 2.05) is 36.4 Å². The number of aromatic nitrogens is 3. The Balaban J connectivity index is 1.46. The number of ether oxygens (including phenoxy) is 1. The molecule has 1 saturated heterocycles. The molecule has 0 radical (unpaired) electrons. The first-order valence-electron chi connectivity index (χ1n) is 11.0. The van der Waals surface area contributed by atoms with Crippen molar-refractivity contribution in [3.05, 3.63) is 58.5 Å². The lowest BCUT2D eigenvalue weighted by atomic mass is 10.1. The first-order valence-corrected chi connectivity index (χ1v) is 12.8. The predicted molar refractivity (Wildman–Crippen MR) is 133 cm³/mol. The number of aryl methyl sites for hydroxylation is 1. The first-order chi connectivity index (χ1) is 16.1. The van der Waals surface area contributed by atoms with Crippen LogP contribution >= 0.6 is 23.1 Å². The molecule has 170 valence electrons. The molecule has 5 rings (SSSR count). The van der Waals surface area contributed by atoms with Crippen LogP contribution in [0.25, 0.3) is 20.4 Å². The number of anilines is 1. The topological polar surface area (TPSA) is 86.1 Å². The van der Waals surface area contributed by atoms with Crippen LogP contribution in [-0.4, -0.2) is 38.9 Å². The van der Waals surface area contributed by atoms with Gasteiger partial charge in [0.25, 0.3) is 5.56 Å². The second-order valence-electron chi connectivity index (χ2n) is 7.93. The summed E-state index contributed by atoms with van der Waals surface area (Å²) in [5.74, 6) is 0.0257. The monoisotopic (exact) mass is 480 g/mol. The third-order valence-electron chi connectivity index (χ3n) is 5.73. The number of nitrogens with zero attached hydrogens (tertiary/aromatic N) is 3. The zero-order valence-electron chi connectivity index (χ0n) is 18.2. The fourth-order valence-corrected chi connectivity index (χ4v) is 5.90. The van der Waals surface area contributed by atoms with Crippen molar-refractivity contribution in [3.63, 3.8) is 0 Å². The second-order valence-corrected chi connectivity index (χ2v) is 9.87. The zero-order valence-corrected chi connectivity index (χ0v) is 19.9. The fourth-order valence-electron chi connectivity index (χ4n) is 4.07. The van der Waals surface area contributed by atoms with Crippen LogP contribution in [0.5, 0.6) is 0 Å². The van der Waals surface area contributed by atoms with E-state index in [9.17, 15) is 9.59 Å². The average molecular weight is 481 g/mol. The Labute approximate surface area is 199 Å². The van der Waals surface area contributed by atoms with Crippen LogP contribution in [-0.2, 0) is 22.5 Å². The van der Waals surface area contributed by atoms with Gasteiger partial charge in [-0.3, -0.25) is 14.2 Å². The van der Waals surface area contributed by atoms with Crippen LogP contribution in [0.15, 0.2) is 52.5 Å². The molecule has 7 nitrogen and oxygen atoms in total. The number of hydrogen-bond acceptors (Lipinski definition) is 7. The van der Waals surface area contributed by atoms with Crippen molar-refractivity contribution in [3.8, 4) is 0 Å². The van der Waals surface area contributed by atoms with Gasteiger partial charge in [0.2, 0.25) is 5.91 Å². The summed E-state index contributed by atoms with van der Waals surface area (Å²) in [5, 5.41) is 4.39. The highest BCUT2D eigenvalue weighted by molar-refractivity contribution is 7.99. The number of carbonyl (C=O) groups is 1. The van der Waals surface area contributed by atoms with Gasteiger partial charge >= 0.3 is 0 Å². The van der Waals surface area contributed by atoms with Crippen molar-refractivity contribution >= 4 is 55.1 Å². The van der Waals surface area contributed by atoms with E-state index in [-0.39, 0.29) is 23.3 Å². The molecule has 0 saturated carbocycles. The molecular weight excluding hydrogens is 456 g/mol. The number of thiophene rings is 1. The lowest BCUT2D eigenvalue weighted by Gasteiger charge is -2.16. The lowest BCUT2D eigenvalue weighted by Crippen LogP contribution is -2.28. The van der Waals surface area contributed by atoms with Gasteiger partial charge in [-0.25, -0.2) is 9.97 Å². The van der Waals surface area contributed by atoms with Crippen LogP contribution in [0.1, 0.15) is 25.3 Å². The lowest BCUT2D eigenvalue weighted by molar-refractivity contribution is -0.113. The summed E-state index contributed by atoms with van der Waals surface area (Å²) in [5.41, 5.74) is 2.46. The van der Waals surface area contributed by atoms with Gasteiger partial charge in [0.1, 0.15) is 9.53 Å². The normalized spacial score (nSPS) is 16.0. The van der Waals surface area contributed by atoms with Gasteiger partial charge in [-0.15, -0.1) is 11.3 Å². The van der Waals surface area contributed by atoms with Crippen molar-refractivity contribution in [2.75, 3.05) is 17.7 Å². The van der Waals surface area contributed by atoms with Crippen LogP contribution in [0.4, 0.5) is 5.69 Å². The van der Waals surface area contributed by atoms with Crippen LogP contribution in [0, 0.1) is 0 Å². The first kappa shape index (κ1) is 22.1. The van der Waals surface area contributed by atoms with Gasteiger partial charge in [0.05, 0.1) is 23.9 Å². The van der Waals surface area contributed by atoms with Gasteiger partial charge in [-0.05, 0) is 43.0 Å². The molecular formula is C24H24N4O3S2. The Kier molecular flexibility index (Phi) is 6.43. The summed E-state index contributed by atoms with van der Waals surface area (Å²) in [4.78, 5) is 36.2. The molecule has 33 heavy (non-hydrogen) atoms. The molecule has 0 spiro atoms. The summed E-state index contributed by atoms with van der Waals surface area (Å²) >= 11 is 2.64. The minimum absolute atomic E-state index is 0.0148. The van der Waals surface area contributed by atoms with E-state index in [2.05, 4.69) is 17.2 Å². The molecule has 1 fully saturated rings. The minimum atomic E-state index is -0.129. The predicted octanol–water partition coefficient (Wildman–Crippen LogP) is 4.48. The SMILES string of the molecule is CCc1ccccc1NC(=O)CSc1nc2c(sc3ncccc32)c(=O)n1C[C@H]1CCCO1. The van der Waals surface area contributed by atoms with Gasteiger partial charge in [0, 0.05) is 23.9 Å². The van der Waals surface area contributed by atoms with Crippen molar-refractivity contribution in [1.29, 1.82) is 0 Å². The Hall–Kier alpha value is -2.75. The molecule has 1 aliphatic heterocycles. The number of nitrogens with one attached hydrogen (secondary N) is 1. The highest BCUT2D eigenvalue weighted by Crippen LogP contribution is 2.31. The zero-order chi connectivity index (χ0) is 22.8. The molecule has 4 heterocycles. The Morgan fingerprint density at radius 1 is 1.30 bits per heavy atom. The number of fused-ring (bicyclic) bond motifs is 3. The van der Waals surface area contributed by atoms with Crippen molar-refractivity contribution in [1.82, 2.24) is 14.5 Å². The third kappa shape index (κ3) is 4.53. The van der Waals surface area contributed by atoms with Crippen molar-refractivity contribution in [2.24, 2.45) is 0 Å². The van der Waals surface area contributed by atoms with Crippen LogP contribution in [0.2, 0.25) is 0 Å². The summed E-state index contributed by atoms with van der Waals surface area (Å²) in [7, 11) is 0. The molecule has 3 aromatic heterocycles. The number of pyridine rings is 1. The standard InChI is InChI=1S/C24H24N4O3S2/c1-2-15-7-3-4-10-18(15)26-19(29)14-32-24-27-20-17-9-5-11-25-22(17)33-21(20)23(30)28(24)13-16-8-6-12-31-16/h3-5,7,9-11,16H,2,6,8,12-14H2,1H3,(H,26,29)/t16-/m1/s1. The smallest absolute Gasteiger partial charge is 0.272 e. The van der Waals surface area contributed by atoms with Gasteiger partial charge in [0.15, 0.2) is 5.16 Å². The van der Waals surface area contributed by atoms with E-state index in [0.29, 0.717) is 28.5 Å². The van der Waals surface area contributed by atoms with E-state index < -0.39 is 0 Å². The highest BCUT2D eigenvalue weighted by Gasteiger charge is 2.22. The maximum absolute atomic E-state index is 13.5. The molecule has 1 N–H and O–H groups in total. The van der Waals surface area contributed by atoms with Crippen LogP contribution < -0.4 is 10.9 Å². The number of benzene rings is 1. The summed E-state index contributed by atoms with van der Waals surface area (Å²) in [6.07, 6.45) is 4.44. The fraction of sp³-hybridized carbons (Fsp3) is 0.333. The second kappa shape index (κ2) is 9.62. The van der Waals surface area contributed by atoms with E-state index in [4.69, 9.17) is 9.72 Å². The Bertz CT molecular complexity index is 1380. The number of amides is 1. The summed E-state index contributed by atoms with van der Waals surface area (Å²) < 4.78 is 8.05. The number of thioether (sulfide) groups is 1. The van der Waals surface area contributed by atoms with Gasteiger partial charge in [-0.1, -0.05) is 36.9 Å². The quantitative estimate of drug-likeness (QED) is 0.310. The van der Waals surface area contributed by atoms with E-state index in [1.165, 1.54) is 23.1 Å². The van der Waals surface area contributed by atoms with Gasteiger partial charge < -0.3 is 10.1 Å². The van der Waals surface area contributed by atoms with Gasteiger partial charge in [-0.2, -0.15) is 0 Å². The molecule has 1 amide bonds. The largest absolute Gasteiger partial charge is 0.376 e. The number of hydrogen-bond donors (Lipinski definition) is 1. The molecule has 0 bridgehead atoms.